The van der Waals surface area contributed by atoms with Gasteiger partial charge in [-0.05, 0) is 19.5 Å². The maximum atomic E-state index is 12.1. The second-order valence-corrected chi connectivity index (χ2v) is 6.16. The van der Waals surface area contributed by atoms with Crippen LogP contribution in [0.3, 0.4) is 0 Å². The van der Waals surface area contributed by atoms with Gasteiger partial charge in [0.25, 0.3) is 0 Å². The summed E-state index contributed by atoms with van der Waals surface area (Å²) in [7, 11) is -2.07. The molecule has 7 heteroatoms. The van der Waals surface area contributed by atoms with Gasteiger partial charge >= 0.3 is 0 Å². The number of terminal acetylenes is 1. The summed E-state index contributed by atoms with van der Waals surface area (Å²) in [4.78, 5) is 0.175. The molecule has 0 bridgehead atoms. The molecule has 0 aliphatic rings. The number of rotatable bonds is 8. The topological polar surface area (TPSA) is 67.2 Å². The van der Waals surface area contributed by atoms with Gasteiger partial charge < -0.3 is 5.32 Å². The van der Waals surface area contributed by atoms with Crippen LogP contribution in [-0.4, -0.2) is 49.2 Å². The van der Waals surface area contributed by atoms with Crippen LogP contribution in [0.15, 0.2) is 17.3 Å². The van der Waals surface area contributed by atoms with Crippen LogP contribution in [0.4, 0.5) is 0 Å². The second-order valence-electron chi connectivity index (χ2n) is 4.11. The second kappa shape index (κ2) is 7.28. The van der Waals surface area contributed by atoms with Crippen LogP contribution in [0, 0.1) is 12.3 Å². The molecule has 0 spiro atoms. The lowest BCUT2D eigenvalue weighted by molar-refractivity contribution is 0.502. The predicted molar refractivity (Wildman–Crippen MR) is 74.0 cm³/mol. The highest BCUT2D eigenvalue weighted by Gasteiger charge is 2.21. The maximum absolute atomic E-state index is 12.1. The van der Waals surface area contributed by atoms with E-state index in [-0.39, 0.29) is 11.4 Å². The van der Waals surface area contributed by atoms with Crippen LogP contribution < -0.4 is 5.32 Å². The number of aryl methyl sites for hydroxylation is 1. The molecule has 0 fully saturated rings. The largest absolute Gasteiger partial charge is 0.317 e. The van der Waals surface area contributed by atoms with Gasteiger partial charge in [0.05, 0.1) is 12.7 Å². The van der Waals surface area contributed by atoms with Crippen molar-refractivity contribution in [3.63, 3.8) is 0 Å². The van der Waals surface area contributed by atoms with Crippen LogP contribution in [-0.2, 0) is 16.6 Å². The quantitative estimate of drug-likeness (QED) is 0.544. The molecule has 1 heterocycles. The fourth-order valence-corrected chi connectivity index (χ4v) is 2.58. The number of sulfonamides is 1. The van der Waals surface area contributed by atoms with Crippen LogP contribution in [0.25, 0.3) is 0 Å². The maximum Gasteiger partial charge on any atom is 0.246 e. The minimum Gasteiger partial charge on any atom is -0.317 e. The molecule has 1 aromatic rings. The van der Waals surface area contributed by atoms with Crippen LogP contribution >= 0.6 is 0 Å². The van der Waals surface area contributed by atoms with E-state index in [0.717, 1.165) is 23.8 Å². The third-order valence-corrected chi connectivity index (χ3v) is 4.38. The van der Waals surface area contributed by atoms with Gasteiger partial charge in [-0.2, -0.15) is 9.40 Å². The zero-order valence-electron chi connectivity index (χ0n) is 11.3. The van der Waals surface area contributed by atoms with E-state index < -0.39 is 10.0 Å². The minimum absolute atomic E-state index is 0.0495. The number of aromatic nitrogens is 2. The van der Waals surface area contributed by atoms with Crippen molar-refractivity contribution in [2.75, 3.05) is 26.7 Å². The van der Waals surface area contributed by atoms with Crippen molar-refractivity contribution in [1.82, 2.24) is 19.4 Å². The molecule has 0 atom stereocenters. The summed E-state index contributed by atoms with van der Waals surface area (Å²) in [5.41, 5.74) is 0. The molecule has 106 valence electrons. The molecule has 0 aromatic carbocycles. The fraction of sp³-hybridized carbons (Fsp3) is 0.583. The van der Waals surface area contributed by atoms with E-state index in [0.29, 0.717) is 6.54 Å². The summed E-state index contributed by atoms with van der Waals surface area (Å²) < 4.78 is 26.9. The van der Waals surface area contributed by atoms with Gasteiger partial charge in [0.15, 0.2) is 0 Å². The van der Waals surface area contributed by atoms with Crippen LogP contribution in [0.1, 0.15) is 13.3 Å². The zero-order chi connectivity index (χ0) is 14.3. The third-order valence-electron chi connectivity index (χ3n) is 2.62. The van der Waals surface area contributed by atoms with E-state index in [1.165, 1.54) is 19.4 Å². The molecule has 6 nitrogen and oxygen atoms in total. The van der Waals surface area contributed by atoms with Gasteiger partial charge in [-0.25, -0.2) is 8.42 Å². The Labute approximate surface area is 114 Å². The molecule has 0 saturated heterocycles. The minimum atomic E-state index is -3.52. The fourth-order valence-electron chi connectivity index (χ4n) is 1.54. The Morgan fingerprint density at radius 3 is 2.95 bits per heavy atom. The molecule has 1 N–H and O–H groups in total. The first-order valence-corrected chi connectivity index (χ1v) is 7.59. The Bertz CT molecular complexity index is 530. The van der Waals surface area contributed by atoms with Crippen LogP contribution in [0.2, 0.25) is 0 Å². The van der Waals surface area contributed by atoms with Crippen molar-refractivity contribution in [2.45, 2.75) is 24.8 Å². The first-order valence-electron chi connectivity index (χ1n) is 6.15. The van der Waals surface area contributed by atoms with Crippen molar-refractivity contribution in [1.29, 1.82) is 0 Å². The lowest BCUT2D eigenvalue weighted by Crippen LogP contribution is -2.26. The van der Waals surface area contributed by atoms with Gasteiger partial charge in [0.1, 0.15) is 4.90 Å². The van der Waals surface area contributed by atoms with Gasteiger partial charge in [-0.3, -0.25) is 4.68 Å². The molecule has 19 heavy (non-hydrogen) atoms. The Morgan fingerprint density at radius 1 is 1.58 bits per heavy atom. The molecule has 1 rings (SSSR count). The van der Waals surface area contributed by atoms with E-state index in [4.69, 9.17) is 6.42 Å². The summed E-state index contributed by atoms with van der Waals surface area (Å²) in [5, 5.41) is 7.25. The van der Waals surface area contributed by atoms with Crippen LogP contribution in [0.5, 0.6) is 0 Å². The summed E-state index contributed by atoms with van der Waals surface area (Å²) in [6, 6.07) is 0. The van der Waals surface area contributed by atoms with Gasteiger partial charge in [-0.15, -0.1) is 6.42 Å². The SMILES string of the molecule is C#CCN(C)S(=O)(=O)c1cnn(CCCNCC)c1. The van der Waals surface area contributed by atoms with Gasteiger partial charge in [0.2, 0.25) is 10.0 Å². The highest BCUT2D eigenvalue weighted by Crippen LogP contribution is 2.12. The summed E-state index contributed by atoms with van der Waals surface area (Å²) >= 11 is 0. The Hall–Kier alpha value is -1.36. The summed E-state index contributed by atoms with van der Waals surface area (Å²) in [5.74, 6) is 2.31. The molecular weight excluding hydrogens is 264 g/mol. The highest BCUT2D eigenvalue weighted by molar-refractivity contribution is 7.89. The molecule has 0 amide bonds. The van der Waals surface area contributed by atoms with E-state index >= 15 is 0 Å². The van der Waals surface area contributed by atoms with E-state index in [1.807, 2.05) is 6.92 Å². The number of nitrogens with zero attached hydrogens (tertiary/aromatic N) is 3. The number of hydrogen-bond donors (Lipinski definition) is 1. The molecule has 0 unspecified atom stereocenters. The summed E-state index contributed by atoms with van der Waals surface area (Å²) in [6.45, 7) is 4.58. The standard InChI is InChI=1S/C12H20N4O2S/c1-4-8-15(3)19(17,18)12-10-14-16(11-12)9-6-7-13-5-2/h1,10-11,13H,5-9H2,2-3H3. The summed E-state index contributed by atoms with van der Waals surface area (Å²) in [6.07, 6.45) is 8.91. The molecule has 0 aliphatic heterocycles. The predicted octanol–water partition coefficient (Wildman–Crippen LogP) is 0.136. The van der Waals surface area contributed by atoms with E-state index in [2.05, 4.69) is 16.3 Å². The van der Waals surface area contributed by atoms with Crippen molar-refractivity contribution in [3.05, 3.63) is 12.4 Å². The number of hydrogen-bond acceptors (Lipinski definition) is 4. The number of nitrogens with one attached hydrogen (secondary N) is 1. The molecular formula is C12H20N4O2S. The highest BCUT2D eigenvalue weighted by atomic mass is 32.2. The Kier molecular flexibility index (Phi) is 6.02. The van der Waals surface area contributed by atoms with Crippen molar-refractivity contribution < 1.29 is 8.42 Å². The van der Waals surface area contributed by atoms with Crippen molar-refractivity contribution >= 4 is 10.0 Å². The Balaban J connectivity index is 2.66. The first kappa shape index (κ1) is 15.7. The third kappa shape index (κ3) is 4.35. The monoisotopic (exact) mass is 284 g/mol. The Morgan fingerprint density at radius 2 is 2.32 bits per heavy atom. The normalized spacial score (nSPS) is 11.7. The van der Waals surface area contributed by atoms with E-state index in [9.17, 15) is 8.42 Å². The van der Waals surface area contributed by atoms with Crippen molar-refractivity contribution in [2.24, 2.45) is 0 Å². The molecule has 0 aliphatic carbocycles. The smallest absolute Gasteiger partial charge is 0.246 e. The molecule has 0 radical (unpaired) electrons. The molecule has 0 saturated carbocycles. The van der Waals surface area contributed by atoms with E-state index in [1.54, 1.807) is 4.68 Å². The zero-order valence-corrected chi connectivity index (χ0v) is 12.2. The van der Waals surface area contributed by atoms with Gasteiger partial charge in [0, 0.05) is 19.8 Å². The molecule has 1 aromatic heterocycles. The lowest BCUT2D eigenvalue weighted by atomic mass is 10.4. The average molecular weight is 284 g/mol. The lowest BCUT2D eigenvalue weighted by Gasteiger charge is -2.12. The average Bonchev–Trinajstić information content (AvgIpc) is 2.84. The van der Waals surface area contributed by atoms with Crippen molar-refractivity contribution in [3.8, 4) is 12.3 Å². The first-order chi connectivity index (χ1) is 9.02. The van der Waals surface area contributed by atoms with Gasteiger partial charge in [-0.1, -0.05) is 12.8 Å².